The highest BCUT2D eigenvalue weighted by Crippen LogP contribution is 2.16. The van der Waals surface area contributed by atoms with Crippen LogP contribution in [0.2, 0.25) is 0 Å². The highest BCUT2D eigenvalue weighted by molar-refractivity contribution is 4.65. The van der Waals surface area contributed by atoms with Crippen LogP contribution in [0.3, 0.4) is 0 Å². The molecule has 0 bridgehead atoms. The molecule has 0 heterocycles. The first-order chi connectivity index (χ1) is 5.31. The molecule has 0 aromatic carbocycles. The first kappa shape index (κ1) is 10.9. The van der Waals surface area contributed by atoms with Gasteiger partial charge in [0.2, 0.25) is 0 Å². The largest absolute Gasteiger partial charge is 0.396 e. The lowest BCUT2D eigenvalue weighted by Crippen LogP contribution is -2.15. The lowest BCUT2D eigenvalue weighted by atomic mass is 9.97. The smallest absolute Gasteiger partial charge is 0.0540 e. The zero-order chi connectivity index (χ0) is 8.53. The molecule has 0 atom stereocenters. The van der Waals surface area contributed by atoms with Crippen LogP contribution in [-0.2, 0) is 0 Å². The van der Waals surface area contributed by atoms with Gasteiger partial charge in [-0.25, -0.2) is 0 Å². The van der Waals surface area contributed by atoms with Gasteiger partial charge in [0.1, 0.15) is 0 Å². The van der Waals surface area contributed by atoms with Crippen molar-refractivity contribution in [2.45, 2.75) is 51.6 Å². The molecular weight excluding hydrogens is 140 g/mol. The van der Waals surface area contributed by atoms with Crippen LogP contribution in [0.4, 0.5) is 0 Å². The van der Waals surface area contributed by atoms with E-state index in [-0.39, 0.29) is 6.10 Å². The van der Waals surface area contributed by atoms with Crippen LogP contribution < -0.4 is 0 Å². The fraction of sp³-hybridized carbons (Fsp3) is 1.00. The fourth-order valence-corrected chi connectivity index (χ4v) is 0.749. The lowest BCUT2D eigenvalue weighted by molar-refractivity contribution is 0.0950. The van der Waals surface area contributed by atoms with Crippen LogP contribution >= 0.6 is 0 Å². The van der Waals surface area contributed by atoms with E-state index in [1.807, 2.05) is 0 Å². The van der Waals surface area contributed by atoms with Gasteiger partial charge in [-0.2, -0.15) is 0 Å². The third kappa shape index (κ3) is 7.82. The van der Waals surface area contributed by atoms with Crippen LogP contribution in [0.5, 0.6) is 0 Å². The number of aliphatic hydroxyl groups excluding tert-OH is 2. The summed E-state index contributed by atoms with van der Waals surface area (Å²) in [5.74, 6) is 0. The molecule has 0 spiro atoms. The molecule has 0 radical (unpaired) electrons. The minimum Gasteiger partial charge on any atom is -0.396 e. The van der Waals surface area contributed by atoms with Crippen molar-refractivity contribution in [2.24, 2.45) is 0 Å². The van der Waals surface area contributed by atoms with Gasteiger partial charge in [-0.15, -0.1) is 0 Å². The van der Waals surface area contributed by atoms with Gasteiger partial charge in [0.25, 0.3) is 0 Å². The van der Waals surface area contributed by atoms with E-state index in [1.165, 1.54) is 12.8 Å². The molecule has 1 rings (SSSR count). The fourth-order valence-electron chi connectivity index (χ4n) is 0.749. The molecule has 0 saturated heterocycles. The molecule has 0 aliphatic heterocycles. The topological polar surface area (TPSA) is 40.5 Å². The lowest BCUT2D eigenvalue weighted by Gasteiger charge is -2.17. The molecule has 0 aromatic heterocycles. The molecular formula is C9H20O2. The predicted molar refractivity (Wildman–Crippen MR) is 46.5 cm³/mol. The van der Waals surface area contributed by atoms with E-state index in [9.17, 15) is 0 Å². The second-order valence-corrected chi connectivity index (χ2v) is 3.02. The van der Waals surface area contributed by atoms with E-state index in [0.717, 1.165) is 25.7 Å². The zero-order valence-electron chi connectivity index (χ0n) is 7.42. The molecule has 1 aliphatic carbocycles. The average molecular weight is 160 g/mol. The van der Waals surface area contributed by atoms with Crippen LogP contribution in [0.15, 0.2) is 0 Å². The van der Waals surface area contributed by atoms with Crippen molar-refractivity contribution >= 4 is 0 Å². The second-order valence-electron chi connectivity index (χ2n) is 3.02. The minimum absolute atomic E-state index is 0.0648. The van der Waals surface area contributed by atoms with Crippen molar-refractivity contribution < 1.29 is 10.2 Å². The summed E-state index contributed by atoms with van der Waals surface area (Å²) in [6, 6.07) is 0. The Hall–Kier alpha value is -0.0800. The maximum absolute atomic E-state index is 8.45. The van der Waals surface area contributed by atoms with Crippen molar-refractivity contribution in [2.75, 3.05) is 6.61 Å². The summed E-state index contributed by atoms with van der Waals surface area (Å²) in [5.41, 5.74) is 0. The van der Waals surface area contributed by atoms with Gasteiger partial charge in [-0.1, -0.05) is 19.8 Å². The number of aliphatic hydroxyl groups is 2. The van der Waals surface area contributed by atoms with E-state index in [2.05, 4.69) is 6.92 Å². The molecule has 1 fully saturated rings. The monoisotopic (exact) mass is 160 g/mol. The Bertz CT molecular complexity index is 66.0. The summed E-state index contributed by atoms with van der Waals surface area (Å²) in [7, 11) is 0. The van der Waals surface area contributed by atoms with Crippen molar-refractivity contribution in [3.63, 3.8) is 0 Å². The van der Waals surface area contributed by atoms with E-state index in [0.29, 0.717) is 6.61 Å². The maximum atomic E-state index is 8.45. The standard InChI is InChI=1S/C5H12O.C4H8O/c1-2-3-4-5-6;5-4-2-1-3-4/h6H,2-5H2,1H3;4-5H,1-3H2. The summed E-state index contributed by atoms with van der Waals surface area (Å²) in [4.78, 5) is 0. The molecule has 1 aliphatic rings. The van der Waals surface area contributed by atoms with Crippen LogP contribution in [0.1, 0.15) is 45.4 Å². The number of hydrogen-bond acceptors (Lipinski definition) is 2. The Labute approximate surface area is 69.2 Å². The van der Waals surface area contributed by atoms with Gasteiger partial charge in [0, 0.05) is 6.61 Å². The SMILES string of the molecule is CCCCCO.OC1CCC1. The summed E-state index contributed by atoms with van der Waals surface area (Å²) >= 11 is 0. The Balaban J connectivity index is 0.000000183. The predicted octanol–water partition coefficient (Wildman–Crippen LogP) is 1.70. The first-order valence-corrected chi connectivity index (χ1v) is 4.60. The Morgan fingerprint density at radius 3 is 1.91 bits per heavy atom. The van der Waals surface area contributed by atoms with Crippen molar-refractivity contribution in [3.05, 3.63) is 0 Å². The summed E-state index contributed by atoms with van der Waals surface area (Å²) in [5, 5.41) is 16.6. The molecule has 2 nitrogen and oxygen atoms in total. The van der Waals surface area contributed by atoms with Crippen LogP contribution in [0.25, 0.3) is 0 Å². The van der Waals surface area contributed by atoms with Crippen molar-refractivity contribution in [3.8, 4) is 0 Å². The first-order valence-electron chi connectivity index (χ1n) is 4.60. The average Bonchev–Trinajstić information content (AvgIpc) is 1.98. The van der Waals surface area contributed by atoms with E-state index < -0.39 is 0 Å². The van der Waals surface area contributed by atoms with Crippen LogP contribution in [0, 0.1) is 0 Å². The third-order valence-corrected chi connectivity index (χ3v) is 1.84. The maximum Gasteiger partial charge on any atom is 0.0540 e. The number of rotatable bonds is 3. The van der Waals surface area contributed by atoms with E-state index in [4.69, 9.17) is 10.2 Å². The van der Waals surface area contributed by atoms with Gasteiger partial charge in [0.05, 0.1) is 6.10 Å². The third-order valence-electron chi connectivity index (χ3n) is 1.84. The van der Waals surface area contributed by atoms with Gasteiger partial charge in [-0.3, -0.25) is 0 Å². The minimum atomic E-state index is 0.0648. The van der Waals surface area contributed by atoms with Crippen LogP contribution in [-0.4, -0.2) is 22.9 Å². The van der Waals surface area contributed by atoms with Gasteiger partial charge >= 0.3 is 0 Å². The zero-order valence-corrected chi connectivity index (χ0v) is 7.42. The van der Waals surface area contributed by atoms with Crippen molar-refractivity contribution in [1.82, 2.24) is 0 Å². The molecule has 0 amide bonds. The molecule has 2 heteroatoms. The molecule has 1 saturated carbocycles. The highest BCUT2D eigenvalue weighted by atomic mass is 16.3. The van der Waals surface area contributed by atoms with Gasteiger partial charge < -0.3 is 10.2 Å². The van der Waals surface area contributed by atoms with Crippen molar-refractivity contribution in [1.29, 1.82) is 0 Å². The summed E-state index contributed by atoms with van der Waals surface area (Å²) < 4.78 is 0. The number of unbranched alkanes of at least 4 members (excludes halogenated alkanes) is 2. The van der Waals surface area contributed by atoms with E-state index in [1.54, 1.807) is 0 Å². The highest BCUT2D eigenvalue weighted by Gasteiger charge is 2.11. The summed E-state index contributed by atoms with van der Waals surface area (Å²) in [6.07, 6.45) is 6.71. The summed E-state index contributed by atoms with van der Waals surface area (Å²) in [6.45, 7) is 2.48. The molecule has 2 N–H and O–H groups in total. The second kappa shape index (κ2) is 8.02. The quantitative estimate of drug-likeness (QED) is 0.617. The molecule has 11 heavy (non-hydrogen) atoms. The number of hydrogen-bond donors (Lipinski definition) is 2. The Kier molecular flexibility index (Phi) is 7.96. The normalized spacial score (nSPS) is 16.6. The molecule has 0 aromatic rings. The Morgan fingerprint density at radius 2 is 1.82 bits per heavy atom. The van der Waals surface area contributed by atoms with Gasteiger partial charge in [0.15, 0.2) is 0 Å². The molecule has 68 valence electrons. The van der Waals surface area contributed by atoms with Gasteiger partial charge in [-0.05, 0) is 25.7 Å². The van der Waals surface area contributed by atoms with E-state index >= 15 is 0 Å². The Morgan fingerprint density at radius 1 is 1.27 bits per heavy atom. The molecule has 0 unspecified atom stereocenters.